The Kier molecular flexibility index (Phi) is 8.18. The molecule has 0 aliphatic carbocycles. The minimum Gasteiger partial charge on any atom is -0.310 e. The molecule has 10 aromatic rings. The average molecular weight is 827 g/mol. The third-order valence-electron chi connectivity index (χ3n) is 14.0. The number of rotatable bonds is 6. The van der Waals surface area contributed by atoms with Crippen molar-refractivity contribution >= 4 is 75.8 Å². The Bertz CT molecular complexity index is 3400. The zero-order valence-electron chi connectivity index (χ0n) is 35.5. The normalized spacial score (nSPS) is 14.1. The second-order valence-electron chi connectivity index (χ2n) is 18.2. The van der Waals surface area contributed by atoms with E-state index in [1.165, 1.54) is 104 Å². The second-order valence-corrected chi connectivity index (χ2v) is 26.8. The summed E-state index contributed by atoms with van der Waals surface area (Å²) in [5, 5.41) is 8.62. The number of fused-ring (bicyclic) bond motifs is 9. The quantitative estimate of drug-likeness (QED) is 0.152. The first-order chi connectivity index (χ1) is 30.3. The van der Waals surface area contributed by atoms with Crippen molar-refractivity contribution in [2.45, 2.75) is 26.2 Å². The summed E-state index contributed by atoms with van der Waals surface area (Å²) in [5.74, 6) is 0. The number of anilines is 3. The largest absolute Gasteiger partial charge is 0.310 e. The monoisotopic (exact) mass is 826 g/mol. The van der Waals surface area contributed by atoms with E-state index in [0.29, 0.717) is 0 Å². The summed E-state index contributed by atoms with van der Waals surface area (Å²) < 4.78 is 2.40. The predicted molar refractivity (Wildman–Crippen MR) is 271 cm³/mol. The van der Waals surface area contributed by atoms with Crippen LogP contribution in [-0.2, 0) is 0 Å². The number of nitrogens with zero attached hydrogens (tertiary/aromatic N) is 2. The molecular formula is C58H46N2Si2. The molecule has 9 aromatic carbocycles. The highest BCUT2D eigenvalue weighted by atomic mass is 28.3. The van der Waals surface area contributed by atoms with Crippen LogP contribution in [0.25, 0.3) is 72.0 Å². The van der Waals surface area contributed by atoms with E-state index < -0.39 is 16.1 Å². The Labute approximate surface area is 366 Å². The van der Waals surface area contributed by atoms with Gasteiger partial charge in [0.05, 0.1) is 11.0 Å². The number of hydrogen-bond donors (Lipinski definition) is 0. The van der Waals surface area contributed by atoms with Crippen LogP contribution >= 0.6 is 0 Å². The first-order valence-corrected chi connectivity index (χ1v) is 27.8. The molecule has 0 fully saturated rings. The minimum atomic E-state index is -1.97. The van der Waals surface area contributed by atoms with Crippen LogP contribution in [-0.4, -0.2) is 20.7 Å². The van der Waals surface area contributed by atoms with Gasteiger partial charge in [-0.2, -0.15) is 0 Å². The molecule has 1 aromatic heterocycles. The molecule has 2 aliphatic rings. The third-order valence-corrected chi connectivity index (χ3v) is 21.1. The van der Waals surface area contributed by atoms with E-state index in [1.54, 1.807) is 0 Å². The van der Waals surface area contributed by atoms with Crippen molar-refractivity contribution in [3.8, 4) is 50.2 Å². The molecule has 0 atom stereocenters. The van der Waals surface area contributed by atoms with Crippen molar-refractivity contribution in [1.29, 1.82) is 0 Å². The Morgan fingerprint density at radius 3 is 1.50 bits per heavy atom. The van der Waals surface area contributed by atoms with Gasteiger partial charge in [-0.25, -0.2) is 0 Å². The zero-order valence-corrected chi connectivity index (χ0v) is 37.5. The van der Waals surface area contributed by atoms with Gasteiger partial charge in [0.25, 0.3) is 0 Å². The number of para-hydroxylation sites is 2. The molecule has 0 unspecified atom stereocenters. The zero-order chi connectivity index (χ0) is 41.7. The van der Waals surface area contributed by atoms with Crippen molar-refractivity contribution in [3.63, 3.8) is 0 Å². The molecule has 0 bridgehead atoms. The van der Waals surface area contributed by atoms with E-state index >= 15 is 0 Å². The highest BCUT2D eigenvalue weighted by Crippen LogP contribution is 2.42. The van der Waals surface area contributed by atoms with Gasteiger partial charge in [0.2, 0.25) is 0 Å². The maximum atomic E-state index is 2.52. The summed E-state index contributed by atoms with van der Waals surface area (Å²) in [6.45, 7) is 10.0. The number of benzene rings is 9. The molecule has 296 valence electrons. The van der Waals surface area contributed by atoms with Gasteiger partial charge in [0.15, 0.2) is 0 Å². The Balaban J connectivity index is 1.00. The van der Waals surface area contributed by atoms with Crippen molar-refractivity contribution in [1.82, 2.24) is 4.57 Å². The van der Waals surface area contributed by atoms with E-state index in [1.807, 2.05) is 0 Å². The molecule has 0 amide bonds. The van der Waals surface area contributed by atoms with Crippen LogP contribution in [0.4, 0.5) is 17.1 Å². The molecule has 2 nitrogen and oxygen atoms in total. The molecule has 3 heterocycles. The number of hydrogen-bond acceptors (Lipinski definition) is 1. The molecule has 4 heteroatoms. The standard InChI is InChI=1S/C58H46N2Si2/c1-61(2)55-22-14-12-20-48(55)51-37-45(29-33-57(51)61)59(44-27-23-40(24-28-44)39-15-7-5-8-16-39)46-30-34-58-52(38-46)50-36-42(26-32-56(50)62(58,3)4)41-25-31-54-49(35-41)47-19-11-13-21-53(47)60(54)43-17-9-6-10-18-43/h5-38H,1-4H3. The molecule has 12 rings (SSSR count). The van der Waals surface area contributed by atoms with Crippen LogP contribution in [0.3, 0.4) is 0 Å². The maximum absolute atomic E-state index is 2.52. The fraction of sp³-hybridized carbons (Fsp3) is 0.0690. The molecule has 0 saturated heterocycles. The van der Waals surface area contributed by atoms with Gasteiger partial charge in [-0.3, -0.25) is 0 Å². The van der Waals surface area contributed by atoms with Crippen LogP contribution in [0.1, 0.15) is 0 Å². The van der Waals surface area contributed by atoms with Crippen molar-refractivity contribution in [2.75, 3.05) is 4.90 Å². The predicted octanol–water partition coefficient (Wildman–Crippen LogP) is 13.2. The molecule has 62 heavy (non-hydrogen) atoms. The lowest BCUT2D eigenvalue weighted by atomic mass is 9.97. The molecule has 0 saturated carbocycles. The SMILES string of the molecule is C[Si]1(C)c2ccccc2-c2cc(N(c3ccc(-c4ccccc4)cc3)c3ccc4c(c3)-c3cc(-c5ccc6c(c5)c5ccccc5n6-c5ccccc5)ccc3[Si]4(C)C)ccc21. The highest BCUT2D eigenvalue weighted by molar-refractivity contribution is 7.04. The van der Waals surface area contributed by atoms with Crippen molar-refractivity contribution in [3.05, 3.63) is 206 Å². The first-order valence-electron chi connectivity index (χ1n) is 21.8. The van der Waals surface area contributed by atoms with Gasteiger partial charge < -0.3 is 9.47 Å². The van der Waals surface area contributed by atoms with Gasteiger partial charge >= 0.3 is 0 Å². The fourth-order valence-electron chi connectivity index (χ4n) is 10.8. The third kappa shape index (κ3) is 5.53. The smallest absolute Gasteiger partial charge is 0.113 e. The molecule has 2 aliphatic heterocycles. The maximum Gasteiger partial charge on any atom is 0.113 e. The lowest BCUT2D eigenvalue weighted by molar-refractivity contribution is 1.18. The molecular weight excluding hydrogens is 781 g/mol. The summed E-state index contributed by atoms with van der Waals surface area (Å²) in [6.07, 6.45) is 0. The lowest BCUT2D eigenvalue weighted by Crippen LogP contribution is -2.49. The van der Waals surface area contributed by atoms with Gasteiger partial charge in [-0.05, 0) is 138 Å². The van der Waals surface area contributed by atoms with Crippen LogP contribution in [0, 0.1) is 0 Å². The van der Waals surface area contributed by atoms with Crippen LogP contribution in [0.15, 0.2) is 206 Å². The summed E-state index contributed by atoms with van der Waals surface area (Å²) in [5.41, 5.74) is 17.6. The Hall–Kier alpha value is -6.99. The fourth-order valence-corrected chi connectivity index (χ4v) is 16.9. The van der Waals surface area contributed by atoms with E-state index in [2.05, 4.69) is 242 Å². The molecule has 0 spiro atoms. The van der Waals surface area contributed by atoms with E-state index in [4.69, 9.17) is 0 Å². The Morgan fingerprint density at radius 1 is 0.323 bits per heavy atom. The van der Waals surface area contributed by atoms with Gasteiger partial charge in [0.1, 0.15) is 16.1 Å². The van der Waals surface area contributed by atoms with Crippen LogP contribution in [0.2, 0.25) is 26.2 Å². The van der Waals surface area contributed by atoms with Gasteiger partial charge in [-0.15, -0.1) is 0 Å². The topological polar surface area (TPSA) is 8.17 Å². The second kappa shape index (κ2) is 13.8. The van der Waals surface area contributed by atoms with Gasteiger partial charge in [-0.1, -0.05) is 160 Å². The average Bonchev–Trinajstić information content (AvgIpc) is 3.86. The summed E-state index contributed by atoms with van der Waals surface area (Å²) >= 11 is 0. The minimum absolute atomic E-state index is 1.15. The molecule has 0 N–H and O–H groups in total. The van der Waals surface area contributed by atoms with E-state index in [9.17, 15) is 0 Å². The van der Waals surface area contributed by atoms with Crippen LogP contribution < -0.4 is 25.6 Å². The summed E-state index contributed by atoms with van der Waals surface area (Å²) in [6, 6.07) is 77.4. The summed E-state index contributed by atoms with van der Waals surface area (Å²) in [4.78, 5) is 2.48. The van der Waals surface area contributed by atoms with Gasteiger partial charge in [0, 0.05) is 33.5 Å². The molecule has 0 radical (unpaired) electrons. The van der Waals surface area contributed by atoms with E-state index in [0.717, 1.165) is 5.69 Å². The van der Waals surface area contributed by atoms with E-state index in [-0.39, 0.29) is 0 Å². The number of aromatic nitrogens is 1. The van der Waals surface area contributed by atoms with Crippen LogP contribution in [0.5, 0.6) is 0 Å². The highest BCUT2D eigenvalue weighted by Gasteiger charge is 2.39. The van der Waals surface area contributed by atoms with Crippen molar-refractivity contribution < 1.29 is 0 Å². The summed E-state index contributed by atoms with van der Waals surface area (Å²) in [7, 11) is -3.77. The first kappa shape index (κ1) is 36.8. The Morgan fingerprint density at radius 2 is 0.790 bits per heavy atom. The lowest BCUT2D eigenvalue weighted by Gasteiger charge is -2.28. The van der Waals surface area contributed by atoms with Crippen molar-refractivity contribution in [2.24, 2.45) is 0 Å².